The van der Waals surface area contributed by atoms with E-state index in [4.69, 9.17) is 0 Å². The van der Waals surface area contributed by atoms with Crippen molar-refractivity contribution in [2.45, 2.75) is 27.2 Å². The Morgan fingerprint density at radius 2 is 2.00 bits per heavy atom. The van der Waals surface area contributed by atoms with E-state index in [1.165, 1.54) is 32.6 Å². The smallest absolute Gasteiger partial charge is 0.00535 e. The Bertz CT molecular complexity index is 179. The number of rotatable bonds is 3. The normalized spacial score (nSPS) is 35.1. The van der Waals surface area contributed by atoms with E-state index < -0.39 is 0 Å². The molecule has 0 spiro atoms. The standard InChI is InChI=1S/C10H20N2.C2H6/c1-4-12-6-9-5-10(9,8-12)7-11(2)3;1-2/h9H,4-8H2,1-3H3;1-2H3. The highest BCUT2D eigenvalue weighted by atomic mass is 15.2. The van der Waals surface area contributed by atoms with Crippen molar-refractivity contribution >= 4 is 0 Å². The van der Waals surface area contributed by atoms with E-state index in [1.54, 1.807) is 0 Å². The fraction of sp³-hybridized carbons (Fsp3) is 1.00. The summed E-state index contributed by atoms with van der Waals surface area (Å²) in [4.78, 5) is 4.94. The van der Waals surface area contributed by atoms with E-state index in [-0.39, 0.29) is 0 Å². The van der Waals surface area contributed by atoms with Crippen LogP contribution in [0.15, 0.2) is 0 Å². The first-order valence-corrected chi connectivity index (χ1v) is 6.03. The fourth-order valence-electron chi connectivity index (χ4n) is 2.82. The second-order valence-electron chi connectivity index (χ2n) is 4.83. The molecule has 0 aromatic carbocycles. The molecule has 1 saturated heterocycles. The van der Waals surface area contributed by atoms with Crippen molar-refractivity contribution in [1.82, 2.24) is 9.80 Å². The topological polar surface area (TPSA) is 6.48 Å². The van der Waals surface area contributed by atoms with Gasteiger partial charge in [0.15, 0.2) is 0 Å². The van der Waals surface area contributed by atoms with Gasteiger partial charge >= 0.3 is 0 Å². The van der Waals surface area contributed by atoms with E-state index in [1.807, 2.05) is 13.8 Å². The van der Waals surface area contributed by atoms with Crippen LogP contribution in [0.25, 0.3) is 0 Å². The molecule has 0 bridgehead atoms. The molecule has 2 fully saturated rings. The third-order valence-corrected chi connectivity index (χ3v) is 3.45. The van der Waals surface area contributed by atoms with Gasteiger partial charge in [0.1, 0.15) is 0 Å². The minimum atomic E-state index is 0.708. The molecule has 2 rings (SSSR count). The van der Waals surface area contributed by atoms with Gasteiger partial charge in [0.25, 0.3) is 0 Å². The summed E-state index contributed by atoms with van der Waals surface area (Å²) in [7, 11) is 4.39. The molecular weight excluding hydrogens is 172 g/mol. The average molecular weight is 198 g/mol. The first kappa shape index (κ1) is 12.0. The van der Waals surface area contributed by atoms with Crippen LogP contribution in [0.5, 0.6) is 0 Å². The fourth-order valence-corrected chi connectivity index (χ4v) is 2.82. The molecule has 2 aliphatic rings. The molecule has 0 amide bonds. The molecule has 84 valence electrons. The molecule has 1 saturated carbocycles. The lowest BCUT2D eigenvalue weighted by Gasteiger charge is -2.21. The Labute approximate surface area is 89.3 Å². The van der Waals surface area contributed by atoms with Crippen molar-refractivity contribution in [1.29, 1.82) is 0 Å². The van der Waals surface area contributed by atoms with Crippen molar-refractivity contribution in [2.75, 3.05) is 40.3 Å². The molecule has 14 heavy (non-hydrogen) atoms. The molecule has 2 atom stereocenters. The maximum absolute atomic E-state index is 2.59. The predicted octanol–water partition coefficient (Wildman–Crippen LogP) is 1.92. The van der Waals surface area contributed by atoms with Gasteiger partial charge in [0, 0.05) is 25.0 Å². The van der Waals surface area contributed by atoms with Gasteiger partial charge in [0.2, 0.25) is 0 Å². The Morgan fingerprint density at radius 1 is 1.36 bits per heavy atom. The molecule has 1 heterocycles. The van der Waals surface area contributed by atoms with Crippen LogP contribution >= 0.6 is 0 Å². The van der Waals surface area contributed by atoms with Gasteiger partial charge in [-0.3, -0.25) is 0 Å². The average Bonchev–Trinajstić information content (AvgIpc) is 2.69. The minimum absolute atomic E-state index is 0.708. The van der Waals surface area contributed by atoms with Gasteiger partial charge in [0.05, 0.1) is 0 Å². The summed E-state index contributed by atoms with van der Waals surface area (Å²) in [6, 6.07) is 0. The summed E-state index contributed by atoms with van der Waals surface area (Å²) < 4.78 is 0. The lowest BCUT2D eigenvalue weighted by atomic mass is 10.1. The lowest BCUT2D eigenvalue weighted by Crippen LogP contribution is -2.30. The van der Waals surface area contributed by atoms with Crippen LogP contribution in [0.2, 0.25) is 0 Å². The Kier molecular flexibility index (Phi) is 3.96. The number of piperidine rings is 1. The molecule has 0 N–H and O–H groups in total. The van der Waals surface area contributed by atoms with Crippen LogP contribution in [0.1, 0.15) is 27.2 Å². The highest BCUT2D eigenvalue weighted by Gasteiger charge is 2.59. The van der Waals surface area contributed by atoms with Gasteiger partial charge in [-0.1, -0.05) is 20.8 Å². The second-order valence-corrected chi connectivity index (χ2v) is 4.83. The Hall–Kier alpha value is -0.0800. The van der Waals surface area contributed by atoms with E-state index >= 15 is 0 Å². The van der Waals surface area contributed by atoms with Crippen LogP contribution in [0.3, 0.4) is 0 Å². The molecule has 0 aromatic rings. The molecule has 1 aliphatic carbocycles. The van der Waals surface area contributed by atoms with Crippen molar-refractivity contribution in [2.24, 2.45) is 11.3 Å². The quantitative estimate of drug-likeness (QED) is 0.683. The Morgan fingerprint density at radius 3 is 2.43 bits per heavy atom. The summed E-state index contributed by atoms with van der Waals surface area (Å²) in [6.45, 7) is 11.5. The number of likely N-dealkylation sites (tertiary alicyclic amines) is 1. The molecule has 2 heteroatoms. The van der Waals surface area contributed by atoms with E-state index in [0.717, 1.165) is 5.92 Å². The third kappa shape index (κ3) is 2.29. The van der Waals surface area contributed by atoms with Crippen molar-refractivity contribution in [3.63, 3.8) is 0 Å². The first-order valence-electron chi connectivity index (χ1n) is 6.03. The van der Waals surface area contributed by atoms with Crippen LogP contribution < -0.4 is 0 Å². The zero-order valence-electron chi connectivity index (χ0n) is 10.5. The summed E-state index contributed by atoms with van der Waals surface area (Å²) in [5, 5.41) is 0. The maximum atomic E-state index is 2.59. The summed E-state index contributed by atoms with van der Waals surface area (Å²) >= 11 is 0. The van der Waals surface area contributed by atoms with Gasteiger partial charge in [-0.15, -0.1) is 0 Å². The maximum Gasteiger partial charge on any atom is 0.00535 e. The minimum Gasteiger partial charge on any atom is -0.309 e. The summed E-state index contributed by atoms with van der Waals surface area (Å²) in [6.07, 6.45) is 1.49. The summed E-state index contributed by atoms with van der Waals surface area (Å²) in [5.41, 5.74) is 0.708. The van der Waals surface area contributed by atoms with Crippen LogP contribution in [-0.4, -0.2) is 50.1 Å². The van der Waals surface area contributed by atoms with E-state index in [9.17, 15) is 0 Å². The number of hydrogen-bond donors (Lipinski definition) is 0. The summed E-state index contributed by atoms with van der Waals surface area (Å²) in [5.74, 6) is 1.03. The predicted molar refractivity (Wildman–Crippen MR) is 62.6 cm³/mol. The highest BCUT2D eigenvalue weighted by Crippen LogP contribution is 2.57. The highest BCUT2D eigenvalue weighted by molar-refractivity contribution is 5.11. The van der Waals surface area contributed by atoms with Gasteiger partial charge < -0.3 is 9.80 Å². The lowest BCUT2D eigenvalue weighted by molar-refractivity contribution is 0.252. The molecule has 2 nitrogen and oxygen atoms in total. The largest absolute Gasteiger partial charge is 0.309 e. The number of fused-ring (bicyclic) bond motifs is 1. The van der Waals surface area contributed by atoms with Crippen molar-refractivity contribution in [3.8, 4) is 0 Å². The molecule has 2 unspecified atom stereocenters. The number of hydrogen-bond acceptors (Lipinski definition) is 2. The Balaban J connectivity index is 0.000000461. The van der Waals surface area contributed by atoms with E-state index in [2.05, 4.69) is 30.8 Å². The van der Waals surface area contributed by atoms with Crippen LogP contribution in [0.4, 0.5) is 0 Å². The van der Waals surface area contributed by atoms with E-state index in [0.29, 0.717) is 5.41 Å². The number of nitrogens with zero attached hydrogens (tertiary/aromatic N) is 2. The first-order chi connectivity index (χ1) is 6.66. The molecule has 0 radical (unpaired) electrons. The monoisotopic (exact) mass is 198 g/mol. The zero-order chi connectivity index (χ0) is 10.8. The SMILES string of the molecule is CC.CCN1CC2CC2(CN(C)C)C1. The van der Waals surface area contributed by atoms with Gasteiger partial charge in [-0.25, -0.2) is 0 Å². The second kappa shape index (κ2) is 4.63. The van der Waals surface area contributed by atoms with Gasteiger partial charge in [-0.05, 0) is 33.0 Å². The third-order valence-electron chi connectivity index (χ3n) is 3.45. The van der Waals surface area contributed by atoms with Crippen LogP contribution in [0, 0.1) is 11.3 Å². The van der Waals surface area contributed by atoms with Crippen molar-refractivity contribution < 1.29 is 0 Å². The molecular formula is C12H26N2. The van der Waals surface area contributed by atoms with Crippen molar-refractivity contribution in [3.05, 3.63) is 0 Å². The molecule has 0 aromatic heterocycles. The molecule has 1 aliphatic heterocycles. The zero-order valence-corrected chi connectivity index (χ0v) is 10.5. The van der Waals surface area contributed by atoms with Crippen LogP contribution in [-0.2, 0) is 0 Å². The van der Waals surface area contributed by atoms with Gasteiger partial charge in [-0.2, -0.15) is 0 Å².